The lowest BCUT2D eigenvalue weighted by atomic mass is 10.1. The van der Waals surface area contributed by atoms with Gasteiger partial charge in [0, 0.05) is 6.54 Å². The molecule has 1 unspecified atom stereocenters. The molecule has 0 bridgehead atoms. The van der Waals surface area contributed by atoms with E-state index in [1.165, 1.54) is 5.56 Å². The van der Waals surface area contributed by atoms with E-state index in [9.17, 15) is 0 Å². The van der Waals surface area contributed by atoms with Crippen molar-refractivity contribution in [2.24, 2.45) is 0 Å². The molecular formula is C17H24N2O. The Bertz CT molecular complexity index is 465. The molecule has 0 amide bonds. The quantitative estimate of drug-likeness (QED) is 0.749. The first-order chi connectivity index (χ1) is 9.77. The van der Waals surface area contributed by atoms with Gasteiger partial charge in [0.05, 0.1) is 12.3 Å². The predicted molar refractivity (Wildman–Crippen MR) is 82.8 cm³/mol. The SMILES string of the molecule is CN(C)C(CNCCCc1ccccc1)c1ccco1. The highest BCUT2D eigenvalue weighted by Crippen LogP contribution is 2.17. The molecule has 0 aliphatic carbocycles. The molecular weight excluding hydrogens is 248 g/mol. The molecule has 20 heavy (non-hydrogen) atoms. The first-order valence-corrected chi connectivity index (χ1v) is 7.22. The van der Waals surface area contributed by atoms with Crippen LogP contribution >= 0.6 is 0 Å². The minimum Gasteiger partial charge on any atom is -0.468 e. The van der Waals surface area contributed by atoms with E-state index in [0.29, 0.717) is 6.04 Å². The van der Waals surface area contributed by atoms with Crippen LogP contribution in [-0.4, -0.2) is 32.1 Å². The Balaban J connectivity index is 1.69. The van der Waals surface area contributed by atoms with E-state index in [1.54, 1.807) is 6.26 Å². The fourth-order valence-corrected chi connectivity index (χ4v) is 2.32. The van der Waals surface area contributed by atoms with Crippen molar-refractivity contribution in [1.29, 1.82) is 0 Å². The van der Waals surface area contributed by atoms with Crippen molar-refractivity contribution in [1.82, 2.24) is 10.2 Å². The number of nitrogens with one attached hydrogen (secondary N) is 1. The number of hydrogen-bond donors (Lipinski definition) is 1. The van der Waals surface area contributed by atoms with Gasteiger partial charge in [0.2, 0.25) is 0 Å². The monoisotopic (exact) mass is 272 g/mol. The number of hydrogen-bond acceptors (Lipinski definition) is 3. The zero-order valence-electron chi connectivity index (χ0n) is 12.4. The lowest BCUT2D eigenvalue weighted by molar-refractivity contribution is 0.250. The zero-order valence-corrected chi connectivity index (χ0v) is 12.4. The van der Waals surface area contributed by atoms with E-state index >= 15 is 0 Å². The molecule has 0 saturated heterocycles. The largest absolute Gasteiger partial charge is 0.468 e. The number of likely N-dealkylation sites (N-methyl/N-ethyl adjacent to an activating group) is 1. The summed E-state index contributed by atoms with van der Waals surface area (Å²) in [6.45, 7) is 1.94. The van der Waals surface area contributed by atoms with Crippen LogP contribution in [0, 0.1) is 0 Å². The molecule has 2 aromatic rings. The Morgan fingerprint density at radius 1 is 1.10 bits per heavy atom. The van der Waals surface area contributed by atoms with E-state index in [0.717, 1.165) is 31.7 Å². The van der Waals surface area contributed by atoms with Crippen LogP contribution in [0.5, 0.6) is 0 Å². The number of benzene rings is 1. The average Bonchev–Trinajstić information content (AvgIpc) is 2.97. The Labute approximate surface area is 121 Å². The van der Waals surface area contributed by atoms with E-state index in [4.69, 9.17) is 4.42 Å². The van der Waals surface area contributed by atoms with E-state index in [-0.39, 0.29) is 0 Å². The molecule has 1 atom stereocenters. The maximum absolute atomic E-state index is 5.50. The second-order valence-corrected chi connectivity index (χ2v) is 5.29. The van der Waals surface area contributed by atoms with Gasteiger partial charge in [0.1, 0.15) is 5.76 Å². The summed E-state index contributed by atoms with van der Waals surface area (Å²) in [5.74, 6) is 1.02. The van der Waals surface area contributed by atoms with Crippen LogP contribution in [0.2, 0.25) is 0 Å². The summed E-state index contributed by atoms with van der Waals surface area (Å²) in [4.78, 5) is 2.18. The first-order valence-electron chi connectivity index (χ1n) is 7.22. The second-order valence-electron chi connectivity index (χ2n) is 5.29. The summed E-state index contributed by atoms with van der Waals surface area (Å²) in [5.41, 5.74) is 1.41. The molecule has 1 aromatic carbocycles. The normalized spacial score (nSPS) is 12.8. The highest BCUT2D eigenvalue weighted by atomic mass is 16.3. The van der Waals surface area contributed by atoms with Gasteiger partial charge in [-0.05, 0) is 51.2 Å². The fourth-order valence-electron chi connectivity index (χ4n) is 2.32. The summed E-state index contributed by atoms with van der Waals surface area (Å²) in [6.07, 6.45) is 4.02. The van der Waals surface area contributed by atoms with E-state index in [2.05, 4.69) is 54.6 Å². The van der Waals surface area contributed by atoms with Crippen LogP contribution in [-0.2, 0) is 6.42 Å². The lowest BCUT2D eigenvalue weighted by Gasteiger charge is -2.22. The van der Waals surface area contributed by atoms with Gasteiger partial charge in [-0.15, -0.1) is 0 Å². The van der Waals surface area contributed by atoms with Crippen molar-refractivity contribution in [3.63, 3.8) is 0 Å². The van der Waals surface area contributed by atoms with Crippen LogP contribution < -0.4 is 5.32 Å². The first kappa shape index (κ1) is 14.8. The fraction of sp³-hybridized carbons (Fsp3) is 0.412. The molecule has 0 aliphatic heterocycles. The minimum absolute atomic E-state index is 0.293. The molecule has 0 aliphatic rings. The predicted octanol–water partition coefficient (Wildman–Crippen LogP) is 3.10. The van der Waals surface area contributed by atoms with Crippen molar-refractivity contribution >= 4 is 0 Å². The Morgan fingerprint density at radius 2 is 1.90 bits per heavy atom. The smallest absolute Gasteiger partial charge is 0.122 e. The Kier molecular flexibility index (Phi) is 5.84. The van der Waals surface area contributed by atoms with Crippen LogP contribution in [0.1, 0.15) is 23.8 Å². The maximum Gasteiger partial charge on any atom is 0.122 e. The highest BCUT2D eigenvalue weighted by molar-refractivity contribution is 5.14. The number of aryl methyl sites for hydroxylation is 1. The maximum atomic E-state index is 5.50. The van der Waals surface area contributed by atoms with E-state index < -0.39 is 0 Å². The van der Waals surface area contributed by atoms with Crippen molar-refractivity contribution in [2.45, 2.75) is 18.9 Å². The van der Waals surface area contributed by atoms with Gasteiger partial charge in [-0.1, -0.05) is 30.3 Å². The van der Waals surface area contributed by atoms with Crippen LogP contribution in [0.15, 0.2) is 53.1 Å². The molecule has 3 heteroatoms. The van der Waals surface area contributed by atoms with Gasteiger partial charge in [-0.3, -0.25) is 4.90 Å². The molecule has 1 N–H and O–H groups in total. The summed E-state index contributed by atoms with van der Waals surface area (Å²) >= 11 is 0. The Morgan fingerprint density at radius 3 is 2.55 bits per heavy atom. The summed E-state index contributed by atoms with van der Waals surface area (Å²) < 4.78 is 5.50. The van der Waals surface area contributed by atoms with E-state index in [1.807, 2.05) is 12.1 Å². The standard InChI is InChI=1S/C17H24N2O/c1-19(2)16(17-11-7-13-20-17)14-18-12-6-10-15-8-4-3-5-9-15/h3-5,7-9,11,13,16,18H,6,10,12,14H2,1-2H3. The molecule has 0 radical (unpaired) electrons. The molecule has 3 nitrogen and oxygen atoms in total. The number of furan rings is 1. The summed E-state index contributed by atoms with van der Waals surface area (Å²) in [7, 11) is 4.16. The minimum atomic E-state index is 0.293. The van der Waals surface area contributed by atoms with Crippen LogP contribution in [0.4, 0.5) is 0 Å². The van der Waals surface area contributed by atoms with Gasteiger partial charge in [0.25, 0.3) is 0 Å². The lowest BCUT2D eigenvalue weighted by Crippen LogP contribution is -2.31. The summed E-state index contributed by atoms with van der Waals surface area (Å²) in [5, 5.41) is 3.52. The Hall–Kier alpha value is -1.58. The van der Waals surface area contributed by atoms with Crippen molar-refractivity contribution in [3.05, 3.63) is 60.1 Å². The molecule has 0 saturated carbocycles. The average molecular weight is 272 g/mol. The number of nitrogens with zero attached hydrogens (tertiary/aromatic N) is 1. The van der Waals surface area contributed by atoms with Gasteiger partial charge < -0.3 is 9.73 Å². The molecule has 0 spiro atoms. The third-order valence-corrected chi connectivity index (χ3v) is 3.49. The molecule has 108 valence electrons. The summed E-state index contributed by atoms with van der Waals surface area (Å²) in [6, 6.07) is 14.9. The van der Waals surface area contributed by atoms with Crippen LogP contribution in [0.3, 0.4) is 0 Å². The third-order valence-electron chi connectivity index (χ3n) is 3.49. The van der Waals surface area contributed by atoms with Gasteiger partial charge in [-0.2, -0.15) is 0 Å². The van der Waals surface area contributed by atoms with Gasteiger partial charge in [0.15, 0.2) is 0 Å². The second kappa shape index (κ2) is 7.88. The molecule has 1 aromatic heterocycles. The number of rotatable bonds is 8. The zero-order chi connectivity index (χ0) is 14.2. The topological polar surface area (TPSA) is 28.4 Å². The van der Waals surface area contributed by atoms with Crippen LogP contribution in [0.25, 0.3) is 0 Å². The third kappa shape index (κ3) is 4.51. The van der Waals surface area contributed by atoms with Crippen molar-refractivity contribution < 1.29 is 4.42 Å². The molecule has 0 fully saturated rings. The van der Waals surface area contributed by atoms with Gasteiger partial charge >= 0.3 is 0 Å². The molecule has 2 rings (SSSR count). The van der Waals surface area contributed by atoms with Crippen molar-refractivity contribution in [3.8, 4) is 0 Å². The van der Waals surface area contributed by atoms with Gasteiger partial charge in [-0.25, -0.2) is 0 Å². The van der Waals surface area contributed by atoms with Crippen molar-refractivity contribution in [2.75, 3.05) is 27.2 Å². The highest BCUT2D eigenvalue weighted by Gasteiger charge is 2.15. The molecule has 1 heterocycles.